The number of rotatable bonds is 6. The molecule has 6 heteroatoms. The van der Waals surface area contributed by atoms with Gasteiger partial charge in [0.05, 0.1) is 10.2 Å². The number of carbonyl (C=O) groups is 1. The first-order valence-corrected chi connectivity index (χ1v) is 12.9. The average Bonchev–Trinajstić information content (AvgIpc) is 3.34. The number of benzene rings is 2. The van der Waals surface area contributed by atoms with Crippen LogP contribution < -0.4 is 5.32 Å². The molecule has 152 valence electrons. The van der Waals surface area contributed by atoms with Gasteiger partial charge in [0.25, 0.3) is 0 Å². The van der Waals surface area contributed by atoms with Crippen LogP contribution in [0.5, 0.6) is 0 Å². The fourth-order valence-corrected chi connectivity index (χ4v) is 7.12. The Bertz CT molecular complexity index is 1150. The Hall–Kier alpha value is -2.15. The standard InChI is InChI=1S/C24H22N2OS3/c27-21(14-15-28-16-8-2-1-3-9-16)26-24-22(17-10-4-6-12-19(17)29-24)23-25-18-11-5-7-13-20(18)30-23/h1-3,5,7-9,11,13H,4,6,10,12,14-15H2,(H,26,27). The molecule has 2 aromatic heterocycles. The number of nitrogens with zero attached hydrogens (tertiary/aromatic N) is 1. The maximum absolute atomic E-state index is 12.7. The minimum Gasteiger partial charge on any atom is -0.317 e. The van der Waals surface area contributed by atoms with Crippen LogP contribution in [-0.2, 0) is 17.6 Å². The van der Waals surface area contributed by atoms with Crippen LogP contribution in [0, 0.1) is 0 Å². The van der Waals surface area contributed by atoms with Gasteiger partial charge >= 0.3 is 0 Å². The second-order valence-electron chi connectivity index (χ2n) is 7.36. The van der Waals surface area contributed by atoms with Crippen molar-refractivity contribution in [3.63, 3.8) is 0 Å². The highest BCUT2D eigenvalue weighted by molar-refractivity contribution is 7.99. The Balaban J connectivity index is 1.38. The number of para-hydroxylation sites is 1. The molecule has 2 aromatic carbocycles. The van der Waals surface area contributed by atoms with E-state index in [-0.39, 0.29) is 5.91 Å². The first-order valence-electron chi connectivity index (χ1n) is 10.3. The van der Waals surface area contributed by atoms with Gasteiger partial charge in [0.2, 0.25) is 5.91 Å². The number of nitrogens with one attached hydrogen (secondary N) is 1. The van der Waals surface area contributed by atoms with Crippen LogP contribution in [0.4, 0.5) is 5.00 Å². The number of thioether (sulfide) groups is 1. The van der Waals surface area contributed by atoms with E-state index in [0.717, 1.165) is 34.1 Å². The summed E-state index contributed by atoms with van der Waals surface area (Å²) in [5, 5.41) is 5.24. The molecule has 0 saturated heterocycles. The van der Waals surface area contributed by atoms with Gasteiger partial charge in [0.15, 0.2) is 0 Å². The quantitative estimate of drug-likeness (QED) is 0.321. The summed E-state index contributed by atoms with van der Waals surface area (Å²) in [6, 6.07) is 18.5. The Morgan fingerprint density at radius 3 is 2.67 bits per heavy atom. The number of hydrogen-bond acceptors (Lipinski definition) is 5. The summed E-state index contributed by atoms with van der Waals surface area (Å²) in [4.78, 5) is 20.3. The third-order valence-corrected chi connectivity index (χ3v) is 8.55. The summed E-state index contributed by atoms with van der Waals surface area (Å²) in [7, 11) is 0. The number of thiazole rings is 1. The van der Waals surface area contributed by atoms with Gasteiger partial charge in [-0.15, -0.1) is 34.4 Å². The summed E-state index contributed by atoms with van der Waals surface area (Å²) in [6.07, 6.45) is 5.13. The number of anilines is 1. The van der Waals surface area contributed by atoms with Crippen molar-refractivity contribution in [2.45, 2.75) is 37.0 Å². The van der Waals surface area contributed by atoms with Gasteiger partial charge in [-0.05, 0) is 55.5 Å². The van der Waals surface area contributed by atoms with Crippen LogP contribution in [0.25, 0.3) is 20.8 Å². The third-order valence-electron chi connectivity index (χ3n) is 5.27. The van der Waals surface area contributed by atoms with Crippen molar-refractivity contribution in [1.29, 1.82) is 0 Å². The van der Waals surface area contributed by atoms with Crippen LogP contribution in [0.2, 0.25) is 0 Å². The van der Waals surface area contributed by atoms with Gasteiger partial charge in [-0.25, -0.2) is 4.98 Å². The molecule has 3 nitrogen and oxygen atoms in total. The van der Waals surface area contributed by atoms with Crippen molar-refractivity contribution in [3.05, 3.63) is 65.0 Å². The lowest BCUT2D eigenvalue weighted by Crippen LogP contribution is -2.12. The van der Waals surface area contributed by atoms with Gasteiger partial charge in [-0.1, -0.05) is 30.3 Å². The molecular formula is C24H22N2OS3. The number of thiophene rings is 1. The van der Waals surface area contributed by atoms with Crippen LogP contribution in [0.1, 0.15) is 29.7 Å². The predicted molar refractivity (Wildman–Crippen MR) is 130 cm³/mol. The lowest BCUT2D eigenvalue weighted by Gasteiger charge is -2.11. The molecule has 1 aliphatic carbocycles. The Morgan fingerprint density at radius 1 is 1.00 bits per heavy atom. The summed E-state index contributed by atoms with van der Waals surface area (Å²) in [6.45, 7) is 0. The number of aryl methyl sites for hydroxylation is 1. The third kappa shape index (κ3) is 4.17. The van der Waals surface area contributed by atoms with E-state index in [0.29, 0.717) is 6.42 Å². The van der Waals surface area contributed by atoms with E-state index in [2.05, 4.69) is 35.6 Å². The van der Waals surface area contributed by atoms with Crippen molar-refractivity contribution < 1.29 is 4.79 Å². The number of carbonyl (C=O) groups excluding carboxylic acids is 1. The molecule has 0 atom stereocenters. The minimum atomic E-state index is 0.0828. The van der Waals surface area contributed by atoms with Gasteiger partial charge in [-0.2, -0.15) is 0 Å². The fraction of sp³-hybridized carbons (Fsp3) is 0.250. The van der Waals surface area contributed by atoms with Gasteiger partial charge in [0.1, 0.15) is 10.0 Å². The van der Waals surface area contributed by atoms with E-state index in [1.807, 2.05) is 24.3 Å². The van der Waals surface area contributed by atoms with Crippen molar-refractivity contribution in [2.24, 2.45) is 0 Å². The first-order chi connectivity index (χ1) is 14.8. The zero-order valence-electron chi connectivity index (χ0n) is 16.5. The maximum Gasteiger partial charge on any atom is 0.225 e. The molecule has 0 fully saturated rings. The maximum atomic E-state index is 12.7. The molecule has 0 saturated carbocycles. The molecule has 0 spiro atoms. The molecule has 4 aromatic rings. The molecule has 0 unspecified atom stereocenters. The lowest BCUT2D eigenvalue weighted by atomic mass is 9.96. The molecule has 0 bridgehead atoms. The second kappa shape index (κ2) is 8.92. The molecule has 2 heterocycles. The molecular weight excluding hydrogens is 428 g/mol. The molecule has 0 aliphatic heterocycles. The van der Waals surface area contributed by atoms with E-state index in [4.69, 9.17) is 4.98 Å². The molecule has 1 aliphatic rings. The summed E-state index contributed by atoms with van der Waals surface area (Å²) in [5.74, 6) is 0.858. The largest absolute Gasteiger partial charge is 0.317 e. The van der Waals surface area contributed by atoms with Crippen LogP contribution in [0.3, 0.4) is 0 Å². The normalized spacial score (nSPS) is 13.3. The van der Waals surface area contributed by atoms with Crippen LogP contribution >= 0.6 is 34.4 Å². The molecule has 30 heavy (non-hydrogen) atoms. The Labute approximate surface area is 188 Å². The summed E-state index contributed by atoms with van der Waals surface area (Å²) in [5.41, 5.74) is 3.60. The monoisotopic (exact) mass is 450 g/mol. The van der Waals surface area contributed by atoms with Crippen LogP contribution in [0.15, 0.2) is 59.5 Å². The van der Waals surface area contributed by atoms with E-state index in [9.17, 15) is 4.79 Å². The van der Waals surface area contributed by atoms with E-state index in [1.54, 1.807) is 34.4 Å². The zero-order chi connectivity index (χ0) is 20.3. The highest BCUT2D eigenvalue weighted by atomic mass is 32.2. The fourth-order valence-electron chi connectivity index (χ4n) is 3.83. The molecule has 1 amide bonds. The summed E-state index contributed by atoms with van der Waals surface area (Å²) < 4.78 is 1.19. The van der Waals surface area contributed by atoms with E-state index in [1.165, 1.54) is 38.4 Å². The topological polar surface area (TPSA) is 42.0 Å². The van der Waals surface area contributed by atoms with Gasteiger partial charge in [0, 0.05) is 27.5 Å². The number of amides is 1. The molecule has 0 radical (unpaired) electrons. The SMILES string of the molecule is O=C(CCSc1ccccc1)Nc1sc2c(c1-c1nc3ccccc3s1)CCCC2. The number of fused-ring (bicyclic) bond motifs is 2. The Morgan fingerprint density at radius 2 is 1.80 bits per heavy atom. The second-order valence-corrected chi connectivity index (χ2v) is 10.7. The first kappa shape index (κ1) is 19.8. The number of aromatic nitrogens is 1. The van der Waals surface area contributed by atoms with Crippen molar-refractivity contribution in [3.8, 4) is 10.6 Å². The van der Waals surface area contributed by atoms with Crippen molar-refractivity contribution >= 4 is 55.6 Å². The highest BCUT2D eigenvalue weighted by Gasteiger charge is 2.25. The van der Waals surface area contributed by atoms with E-state index >= 15 is 0 Å². The molecule has 1 N–H and O–H groups in total. The van der Waals surface area contributed by atoms with Gasteiger partial charge < -0.3 is 5.32 Å². The smallest absolute Gasteiger partial charge is 0.225 e. The van der Waals surface area contributed by atoms with Crippen molar-refractivity contribution in [2.75, 3.05) is 11.1 Å². The summed E-state index contributed by atoms with van der Waals surface area (Å²) >= 11 is 5.20. The molecule has 5 rings (SSSR count). The van der Waals surface area contributed by atoms with Gasteiger partial charge in [-0.3, -0.25) is 4.79 Å². The number of hydrogen-bond donors (Lipinski definition) is 1. The average molecular weight is 451 g/mol. The minimum absolute atomic E-state index is 0.0828. The van der Waals surface area contributed by atoms with E-state index < -0.39 is 0 Å². The zero-order valence-corrected chi connectivity index (χ0v) is 19.0. The van der Waals surface area contributed by atoms with Crippen LogP contribution in [-0.4, -0.2) is 16.6 Å². The Kier molecular flexibility index (Phi) is 5.88. The van der Waals surface area contributed by atoms with Crippen molar-refractivity contribution in [1.82, 2.24) is 4.98 Å². The highest BCUT2D eigenvalue weighted by Crippen LogP contribution is 2.46. The lowest BCUT2D eigenvalue weighted by molar-refractivity contribution is -0.115. The predicted octanol–water partition coefficient (Wildman–Crippen LogP) is 7.02.